The van der Waals surface area contributed by atoms with E-state index in [0.717, 1.165) is 29.9 Å². The maximum absolute atomic E-state index is 13.7. The van der Waals surface area contributed by atoms with Gasteiger partial charge in [0.2, 0.25) is 0 Å². The van der Waals surface area contributed by atoms with Crippen LogP contribution in [0.2, 0.25) is 0 Å². The summed E-state index contributed by atoms with van der Waals surface area (Å²) in [5.41, 5.74) is 0.741. The van der Waals surface area contributed by atoms with Gasteiger partial charge in [0.05, 0.1) is 11.3 Å². The predicted octanol–water partition coefficient (Wildman–Crippen LogP) is 4.04. The molecule has 1 aromatic carbocycles. The third kappa shape index (κ3) is 3.06. The van der Waals surface area contributed by atoms with Gasteiger partial charge in [-0.05, 0) is 42.3 Å². The largest absolute Gasteiger partial charge is 0.366 e. The Labute approximate surface area is 159 Å². The molecule has 2 aliphatic heterocycles. The molecular formula is C20H18F2N2O2S. The number of amides is 2. The van der Waals surface area contributed by atoms with Gasteiger partial charge in [-0.3, -0.25) is 9.59 Å². The average Bonchev–Trinajstić information content (AvgIpc) is 3.24. The zero-order valence-corrected chi connectivity index (χ0v) is 15.6. The van der Waals surface area contributed by atoms with Gasteiger partial charge in [0.25, 0.3) is 11.8 Å². The van der Waals surface area contributed by atoms with Gasteiger partial charge in [0.1, 0.15) is 5.70 Å². The molecule has 2 amide bonds. The smallest absolute Gasteiger partial charge is 0.282 e. The topological polar surface area (TPSA) is 40.6 Å². The lowest BCUT2D eigenvalue weighted by Gasteiger charge is -2.33. The summed E-state index contributed by atoms with van der Waals surface area (Å²) in [7, 11) is 0. The molecule has 0 radical (unpaired) electrons. The first-order valence-corrected chi connectivity index (χ1v) is 9.72. The summed E-state index contributed by atoms with van der Waals surface area (Å²) in [6.07, 6.45) is 2.02. The van der Waals surface area contributed by atoms with E-state index in [0.29, 0.717) is 35.2 Å². The monoisotopic (exact) mass is 388 g/mol. The van der Waals surface area contributed by atoms with Gasteiger partial charge in [-0.25, -0.2) is 13.7 Å². The number of hydrogen-bond acceptors (Lipinski definition) is 4. The second kappa shape index (κ2) is 6.88. The van der Waals surface area contributed by atoms with Crippen molar-refractivity contribution in [2.75, 3.05) is 18.0 Å². The molecule has 0 spiro atoms. The second-order valence-corrected chi connectivity index (χ2v) is 7.89. The summed E-state index contributed by atoms with van der Waals surface area (Å²) >= 11 is 1.38. The minimum Gasteiger partial charge on any atom is -0.366 e. The first-order valence-electron chi connectivity index (χ1n) is 8.84. The van der Waals surface area contributed by atoms with E-state index in [-0.39, 0.29) is 5.69 Å². The highest BCUT2D eigenvalue weighted by Gasteiger charge is 2.43. The van der Waals surface area contributed by atoms with Crippen LogP contribution in [0.4, 0.5) is 14.5 Å². The van der Waals surface area contributed by atoms with Crippen molar-refractivity contribution < 1.29 is 18.4 Å². The summed E-state index contributed by atoms with van der Waals surface area (Å²) in [6, 6.07) is 6.69. The van der Waals surface area contributed by atoms with Gasteiger partial charge in [0.15, 0.2) is 11.6 Å². The molecule has 1 saturated heterocycles. The maximum Gasteiger partial charge on any atom is 0.282 e. The Hall–Kier alpha value is -2.54. The van der Waals surface area contributed by atoms with Gasteiger partial charge in [-0.1, -0.05) is 13.0 Å². The fourth-order valence-electron chi connectivity index (χ4n) is 3.71. The van der Waals surface area contributed by atoms with E-state index >= 15 is 0 Å². The van der Waals surface area contributed by atoms with Crippen LogP contribution in [-0.2, 0) is 9.59 Å². The molecule has 3 heterocycles. The molecule has 0 saturated carbocycles. The number of hydrogen-bond donors (Lipinski definition) is 0. The number of anilines is 1. The Morgan fingerprint density at radius 2 is 1.93 bits per heavy atom. The van der Waals surface area contributed by atoms with Gasteiger partial charge in [-0.15, -0.1) is 11.3 Å². The highest BCUT2D eigenvalue weighted by molar-refractivity contribution is 7.11. The van der Waals surface area contributed by atoms with Gasteiger partial charge < -0.3 is 4.90 Å². The van der Waals surface area contributed by atoms with E-state index < -0.39 is 23.4 Å². The highest BCUT2D eigenvalue weighted by Crippen LogP contribution is 2.38. The van der Waals surface area contributed by atoms with E-state index in [1.165, 1.54) is 17.4 Å². The zero-order chi connectivity index (χ0) is 19.1. The van der Waals surface area contributed by atoms with Gasteiger partial charge in [0, 0.05) is 24.0 Å². The molecule has 7 heteroatoms. The van der Waals surface area contributed by atoms with Crippen LogP contribution >= 0.6 is 11.3 Å². The molecular weight excluding hydrogens is 370 g/mol. The molecule has 4 rings (SSSR count). The number of piperidine rings is 1. The Morgan fingerprint density at radius 1 is 1.11 bits per heavy atom. The predicted molar refractivity (Wildman–Crippen MR) is 100 cm³/mol. The molecule has 1 fully saturated rings. The van der Waals surface area contributed by atoms with Crippen LogP contribution in [0.1, 0.15) is 24.6 Å². The van der Waals surface area contributed by atoms with E-state index in [4.69, 9.17) is 0 Å². The Bertz CT molecular complexity index is 939. The van der Waals surface area contributed by atoms with Gasteiger partial charge >= 0.3 is 0 Å². The van der Waals surface area contributed by atoms with Crippen molar-refractivity contribution in [1.82, 2.24) is 4.90 Å². The second-order valence-electron chi connectivity index (χ2n) is 6.94. The van der Waals surface area contributed by atoms with Crippen molar-refractivity contribution in [3.63, 3.8) is 0 Å². The quantitative estimate of drug-likeness (QED) is 0.745. The number of thiophene rings is 1. The van der Waals surface area contributed by atoms with Crippen LogP contribution in [0.3, 0.4) is 0 Å². The number of imide groups is 1. The minimum atomic E-state index is -1.09. The number of halogens is 2. The molecule has 1 aromatic heterocycles. The fraction of sp³-hybridized carbons (Fsp3) is 0.300. The fourth-order valence-corrected chi connectivity index (χ4v) is 4.47. The standard InChI is InChI=1S/C20H18F2N2O2S/c1-12-4-2-8-23(11-12)18-17(16-5-3-9-27-16)19(25)24(20(18)26)13-6-7-14(21)15(22)10-13/h3,5-7,9-10,12H,2,4,8,11H2,1H3. The number of benzene rings is 1. The molecule has 0 bridgehead atoms. The maximum atomic E-state index is 13.7. The summed E-state index contributed by atoms with van der Waals surface area (Å²) < 4.78 is 27.0. The zero-order valence-electron chi connectivity index (χ0n) is 14.7. The normalized spacial score (nSPS) is 20.8. The van der Waals surface area contributed by atoms with Crippen molar-refractivity contribution in [1.29, 1.82) is 0 Å². The van der Waals surface area contributed by atoms with E-state index in [1.807, 2.05) is 16.3 Å². The highest BCUT2D eigenvalue weighted by atomic mass is 32.1. The van der Waals surface area contributed by atoms with Crippen LogP contribution < -0.4 is 4.90 Å². The van der Waals surface area contributed by atoms with Crippen molar-refractivity contribution in [2.24, 2.45) is 5.92 Å². The summed E-state index contributed by atoms with van der Waals surface area (Å²) in [4.78, 5) is 30.0. The molecule has 2 aliphatic rings. The Balaban J connectivity index is 1.80. The molecule has 27 heavy (non-hydrogen) atoms. The summed E-state index contributed by atoms with van der Waals surface area (Å²) in [5.74, 6) is -2.68. The van der Waals surface area contributed by atoms with Crippen LogP contribution in [-0.4, -0.2) is 29.8 Å². The SMILES string of the molecule is CC1CCCN(C2=C(c3cccs3)C(=O)N(c3ccc(F)c(F)c3)C2=O)C1. The summed E-state index contributed by atoms with van der Waals surface area (Å²) in [5, 5.41) is 1.84. The molecule has 2 aromatic rings. The average molecular weight is 388 g/mol. The lowest BCUT2D eigenvalue weighted by Crippen LogP contribution is -2.39. The van der Waals surface area contributed by atoms with E-state index in [2.05, 4.69) is 6.92 Å². The van der Waals surface area contributed by atoms with E-state index in [1.54, 1.807) is 6.07 Å². The van der Waals surface area contributed by atoms with Crippen molar-refractivity contribution in [3.8, 4) is 0 Å². The van der Waals surface area contributed by atoms with Crippen molar-refractivity contribution in [3.05, 3.63) is 57.9 Å². The minimum absolute atomic E-state index is 0.0398. The van der Waals surface area contributed by atoms with Gasteiger partial charge in [-0.2, -0.15) is 0 Å². The lowest BCUT2D eigenvalue weighted by atomic mass is 9.99. The number of carbonyl (C=O) groups is 2. The lowest BCUT2D eigenvalue weighted by molar-refractivity contribution is -0.120. The Kier molecular flexibility index (Phi) is 4.55. The molecule has 0 N–H and O–H groups in total. The first-order chi connectivity index (χ1) is 13.0. The Morgan fingerprint density at radius 3 is 2.59 bits per heavy atom. The van der Waals surface area contributed by atoms with Crippen LogP contribution in [0, 0.1) is 17.6 Å². The molecule has 140 valence electrons. The number of likely N-dealkylation sites (tertiary alicyclic amines) is 1. The number of nitrogens with zero attached hydrogens (tertiary/aromatic N) is 2. The van der Waals surface area contributed by atoms with Crippen LogP contribution in [0.25, 0.3) is 5.57 Å². The van der Waals surface area contributed by atoms with Crippen molar-refractivity contribution >= 4 is 34.4 Å². The molecule has 1 unspecified atom stereocenters. The van der Waals surface area contributed by atoms with Crippen LogP contribution in [0.15, 0.2) is 41.4 Å². The molecule has 0 aliphatic carbocycles. The van der Waals surface area contributed by atoms with Crippen LogP contribution in [0.5, 0.6) is 0 Å². The number of rotatable bonds is 3. The third-order valence-electron chi connectivity index (χ3n) is 4.96. The van der Waals surface area contributed by atoms with Crippen molar-refractivity contribution in [2.45, 2.75) is 19.8 Å². The molecule has 1 atom stereocenters. The number of carbonyl (C=O) groups excluding carboxylic acids is 2. The van der Waals surface area contributed by atoms with E-state index in [9.17, 15) is 18.4 Å². The summed E-state index contributed by atoms with van der Waals surface area (Å²) in [6.45, 7) is 3.50. The molecule has 4 nitrogen and oxygen atoms in total. The first kappa shape index (κ1) is 17.9. The third-order valence-corrected chi connectivity index (χ3v) is 5.85.